The summed E-state index contributed by atoms with van der Waals surface area (Å²) in [7, 11) is 1.31. The Morgan fingerprint density at radius 2 is 1.88 bits per heavy atom. The van der Waals surface area contributed by atoms with Crippen molar-refractivity contribution >= 4 is 5.78 Å². The number of halogens is 2. The number of carbonyl (C=O) groups is 1. The van der Waals surface area contributed by atoms with Crippen LogP contribution in [-0.4, -0.2) is 12.9 Å². The normalized spacial score (nSPS) is 12.3. The minimum Gasteiger partial charge on any atom is -0.497 e. The van der Waals surface area contributed by atoms with Gasteiger partial charge in [0.05, 0.1) is 12.7 Å². The minimum absolute atomic E-state index is 0.0655. The fourth-order valence-electron chi connectivity index (χ4n) is 1.33. The summed E-state index contributed by atoms with van der Waals surface area (Å²) in [5.74, 6) is -2.59. The second-order valence-electron chi connectivity index (χ2n) is 3.64. The van der Waals surface area contributed by atoms with Crippen LogP contribution in [0.15, 0.2) is 12.1 Å². The Labute approximate surface area is 93.2 Å². The second-order valence-corrected chi connectivity index (χ2v) is 3.64. The summed E-state index contributed by atoms with van der Waals surface area (Å²) in [5, 5.41) is 0. The lowest BCUT2D eigenvalue weighted by Gasteiger charge is -2.10. The van der Waals surface area contributed by atoms with Crippen LogP contribution in [0.25, 0.3) is 0 Å². The van der Waals surface area contributed by atoms with Crippen molar-refractivity contribution in [1.82, 2.24) is 0 Å². The van der Waals surface area contributed by atoms with Crippen LogP contribution < -0.4 is 4.74 Å². The summed E-state index contributed by atoms with van der Waals surface area (Å²) in [6.07, 6.45) is 0.545. The van der Waals surface area contributed by atoms with Gasteiger partial charge in [0.1, 0.15) is 17.4 Å². The van der Waals surface area contributed by atoms with E-state index >= 15 is 0 Å². The van der Waals surface area contributed by atoms with E-state index in [0.29, 0.717) is 6.42 Å². The Hall–Kier alpha value is -1.45. The van der Waals surface area contributed by atoms with E-state index in [1.165, 1.54) is 7.11 Å². The third-order valence-electron chi connectivity index (χ3n) is 2.56. The summed E-state index contributed by atoms with van der Waals surface area (Å²) in [6, 6.07) is 2.03. The van der Waals surface area contributed by atoms with E-state index in [-0.39, 0.29) is 5.75 Å². The van der Waals surface area contributed by atoms with Crippen LogP contribution in [0.1, 0.15) is 30.6 Å². The molecule has 16 heavy (non-hydrogen) atoms. The number of benzene rings is 1. The molecule has 88 valence electrons. The average molecular weight is 228 g/mol. The van der Waals surface area contributed by atoms with Crippen LogP contribution in [0.3, 0.4) is 0 Å². The lowest BCUT2D eigenvalue weighted by molar-refractivity contribution is 0.0918. The smallest absolute Gasteiger partial charge is 0.171 e. The molecular weight excluding hydrogens is 214 g/mol. The predicted octanol–water partition coefficient (Wildman–Crippen LogP) is 3.20. The van der Waals surface area contributed by atoms with E-state index in [2.05, 4.69) is 0 Å². The molecule has 0 bridgehead atoms. The van der Waals surface area contributed by atoms with Gasteiger partial charge in [-0.2, -0.15) is 0 Å². The summed E-state index contributed by atoms with van der Waals surface area (Å²) in [5.41, 5.74) is -0.477. The maximum absolute atomic E-state index is 13.5. The molecule has 0 fully saturated rings. The van der Waals surface area contributed by atoms with Crippen molar-refractivity contribution < 1.29 is 18.3 Å². The first-order valence-corrected chi connectivity index (χ1v) is 5.08. The van der Waals surface area contributed by atoms with Gasteiger partial charge in [-0.25, -0.2) is 8.78 Å². The summed E-state index contributed by atoms with van der Waals surface area (Å²) < 4.78 is 31.7. The fraction of sp³-hybridized carbons (Fsp3) is 0.417. The highest BCUT2D eigenvalue weighted by Gasteiger charge is 2.22. The van der Waals surface area contributed by atoms with E-state index in [0.717, 1.165) is 12.1 Å². The average Bonchev–Trinajstić information content (AvgIpc) is 2.26. The molecule has 1 aromatic carbocycles. The number of hydrogen-bond donors (Lipinski definition) is 0. The molecule has 0 N–H and O–H groups in total. The first kappa shape index (κ1) is 12.6. The molecule has 1 atom stereocenters. The molecule has 1 unspecified atom stereocenters. The van der Waals surface area contributed by atoms with Gasteiger partial charge >= 0.3 is 0 Å². The van der Waals surface area contributed by atoms with Gasteiger partial charge < -0.3 is 4.74 Å². The molecule has 0 radical (unpaired) electrons. The number of methoxy groups -OCH3 is 1. The number of hydrogen-bond acceptors (Lipinski definition) is 2. The quantitative estimate of drug-likeness (QED) is 0.740. The zero-order chi connectivity index (χ0) is 12.3. The van der Waals surface area contributed by atoms with Crippen molar-refractivity contribution in [2.75, 3.05) is 7.11 Å². The van der Waals surface area contributed by atoms with Crippen molar-refractivity contribution in [3.05, 3.63) is 29.3 Å². The molecule has 0 amide bonds. The first-order valence-electron chi connectivity index (χ1n) is 5.08. The third-order valence-corrected chi connectivity index (χ3v) is 2.56. The molecular formula is C12H14F2O2. The van der Waals surface area contributed by atoms with Gasteiger partial charge in [-0.15, -0.1) is 0 Å². The van der Waals surface area contributed by atoms with Crippen LogP contribution in [-0.2, 0) is 0 Å². The number of carbonyl (C=O) groups excluding carboxylic acids is 1. The molecule has 0 aliphatic carbocycles. The highest BCUT2D eigenvalue weighted by Crippen LogP contribution is 2.23. The standard InChI is InChI=1S/C12H14F2O2/c1-4-7(2)12(15)11-9(13)5-8(16-3)6-10(11)14/h5-7H,4H2,1-3H3. The Bertz CT molecular complexity index is 379. The van der Waals surface area contributed by atoms with Gasteiger partial charge in [0.15, 0.2) is 5.78 Å². The first-order chi connectivity index (χ1) is 7.51. The number of Topliss-reactive ketones (excluding diaryl/α,β-unsaturated/α-hetero) is 1. The predicted molar refractivity (Wildman–Crippen MR) is 56.7 cm³/mol. The topological polar surface area (TPSA) is 26.3 Å². The lowest BCUT2D eigenvalue weighted by atomic mass is 9.96. The van der Waals surface area contributed by atoms with Crippen LogP contribution in [0.2, 0.25) is 0 Å². The molecule has 1 rings (SSSR count). The van der Waals surface area contributed by atoms with Gasteiger partial charge in [0, 0.05) is 18.1 Å². The fourth-order valence-corrected chi connectivity index (χ4v) is 1.33. The largest absolute Gasteiger partial charge is 0.497 e. The zero-order valence-corrected chi connectivity index (χ0v) is 9.51. The van der Waals surface area contributed by atoms with Gasteiger partial charge in [-0.3, -0.25) is 4.79 Å². The summed E-state index contributed by atoms with van der Waals surface area (Å²) >= 11 is 0. The summed E-state index contributed by atoms with van der Waals surface area (Å²) in [6.45, 7) is 3.44. The SMILES string of the molecule is CCC(C)C(=O)c1c(F)cc(OC)cc1F. The molecule has 0 spiro atoms. The van der Waals surface area contributed by atoms with Gasteiger partial charge in [0.2, 0.25) is 0 Å². The number of rotatable bonds is 4. The summed E-state index contributed by atoms with van der Waals surface area (Å²) in [4.78, 5) is 11.7. The maximum atomic E-state index is 13.5. The van der Waals surface area contributed by atoms with Crippen molar-refractivity contribution in [2.24, 2.45) is 5.92 Å². The highest BCUT2D eigenvalue weighted by atomic mass is 19.1. The van der Waals surface area contributed by atoms with E-state index in [1.54, 1.807) is 13.8 Å². The lowest BCUT2D eigenvalue weighted by Crippen LogP contribution is -2.14. The monoisotopic (exact) mass is 228 g/mol. The van der Waals surface area contributed by atoms with Crippen molar-refractivity contribution in [3.63, 3.8) is 0 Å². The molecule has 4 heteroatoms. The Balaban J connectivity index is 3.19. The molecule has 0 aliphatic rings. The van der Waals surface area contributed by atoms with Crippen molar-refractivity contribution in [3.8, 4) is 5.75 Å². The Morgan fingerprint density at radius 1 is 1.38 bits per heavy atom. The molecule has 2 nitrogen and oxygen atoms in total. The minimum atomic E-state index is -0.873. The van der Waals surface area contributed by atoms with E-state index in [9.17, 15) is 13.6 Å². The van der Waals surface area contributed by atoms with E-state index < -0.39 is 28.9 Å². The molecule has 0 saturated carbocycles. The van der Waals surface area contributed by atoms with E-state index in [4.69, 9.17) is 4.74 Å². The molecule has 0 saturated heterocycles. The van der Waals surface area contributed by atoms with E-state index in [1.807, 2.05) is 0 Å². The third kappa shape index (κ3) is 2.38. The van der Waals surface area contributed by atoms with Crippen LogP contribution >= 0.6 is 0 Å². The zero-order valence-electron chi connectivity index (χ0n) is 9.51. The van der Waals surface area contributed by atoms with Crippen LogP contribution in [0.4, 0.5) is 8.78 Å². The Kier molecular flexibility index (Phi) is 3.99. The molecule has 0 aliphatic heterocycles. The Morgan fingerprint density at radius 3 is 2.25 bits per heavy atom. The van der Waals surface area contributed by atoms with Gasteiger partial charge in [-0.05, 0) is 6.42 Å². The second kappa shape index (κ2) is 5.05. The maximum Gasteiger partial charge on any atom is 0.171 e. The van der Waals surface area contributed by atoms with Crippen LogP contribution in [0.5, 0.6) is 5.75 Å². The van der Waals surface area contributed by atoms with Gasteiger partial charge in [-0.1, -0.05) is 13.8 Å². The van der Waals surface area contributed by atoms with Gasteiger partial charge in [0.25, 0.3) is 0 Å². The number of ketones is 1. The molecule has 0 aromatic heterocycles. The van der Waals surface area contributed by atoms with Crippen molar-refractivity contribution in [2.45, 2.75) is 20.3 Å². The molecule has 0 heterocycles. The van der Waals surface area contributed by atoms with Crippen molar-refractivity contribution in [1.29, 1.82) is 0 Å². The van der Waals surface area contributed by atoms with Crippen LogP contribution in [0, 0.1) is 17.6 Å². The number of ether oxygens (including phenoxy) is 1. The highest BCUT2D eigenvalue weighted by molar-refractivity contribution is 5.98. The molecule has 1 aromatic rings.